The Morgan fingerprint density at radius 2 is 1.90 bits per heavy atom. The molecule has 0 bridgehead atoms. The molecule has 1 atom stereocenters. The van der Waals surface area contributed by atoms with E-state index >= 15 is 0 Å². The van der Waals surface area contributed by atoms with Crippen LogP contribution in [0.2, 0.25) is 0 Å². The molecular weight excluding hydrogens is 270 g/mol. The normalized spacial score (nSPS) is 17.8. The Kier molecular flexibility index (Phi) is 6.12. The summed E-state index contributed by atoms with van der Waals surface area (Å²) in [5, 5.41) is 3.44. The maximum Gasteiger partial charge on any atom is 0.263 e. The van der Waals surface area contributed by atoms with Gasteiger partial charge in [0, 0.05) is 24.7 Å². The summed E-state index contributed by atoms with van der Waals surface area (Å²) >= 11 is 0. The Balaban J connectivity index is 1.85. The lowest BCUT2D eigenvalue weighted by molar-refractivity contribution is 0.151. The van der Waals surface area contributed by atoms with Gasteiger partial charge in [0.1, 0.15) is 0 Å². The number of nitrogens with zero attached hydrogens (tertiary/aromatic N) is 1. The first-order chi connectivity index (χ1) is 10.1. The van der Waals surface area contributed by atoms with Gasteiger partial charge < -0.3 is 5.32 Å². The van der Waals surface area contributed by atoms with Crippen LogP contribution in [0.4, 0.5) is 8.78 Å². The monoisotopic (exact) mass is 296 g/mol. The van der Waals surface area contributed by atoms with Gasteiger partial charge in [0.15, 0.2) is 0 Å². The van der Waals surface area contributed by atoms with Crippen molar-refractivity contribution in [2.24, 2.45) is 5.92 Å². The predicted octanol–water partition coefficient (Wildman–Crippen LogP) is 3.83. The molecule has 4 heteroatoms. The van der Waals surface area contributed by atoms with Crippen molar-refractivity contribution in [1.29, 1.82) is 0 Å². The fourth-order valence-corrected chi connectivity index (χ4v) is 3.06. The first-order valence-electron chi connectivity index (χ1n) is 7.89. The van der Waals surface area contributed by atoms with Crippen molar-refractivity contribution in [3.05, 3.63) is 35.4 Å². The van der Waals surface area contributed by atoms with E-state index in [4.69, 9.17) is 0 Å². The standard InChI is InChI=1S/C17H26F2N2/c1-13(2)16(21-8-3-4-9-21)12-20-11-14-6-5-7-15(10-14)17(18)19/h5-7,10,13,16-17,20H,3-4,8-9,11-12H2,1-2H3. The average Bonchev–Trinajstić information content (AvgIpc) is 2.97. The van der Waals surface area contributed by atoms with Crippen molar-refractivity contribution in [3.63, 3.8) is 0 Å². The second-order valence-corrected chi connectivity index (χ2v) is 6.23. The fraction of sp³-hybridized carbons (Fsp3) is 0.647. The third kappa shape index (κ3) is 4.75. The van der Waals surface area contributed by atoms with E-state index in [1.54, 1.807) is 12.1 Å². The van der Waals surface area contributed by atoms with Gasteiger partial charge in [-0.2, -0.15) is 0 Å². The highest BCUT2D eigenvalue weighted by Crippen LogP contribution is 2.20. The van der Waals surface area contributed by atoms with Gasteiger partial charge in [-0.3, -0.25) is 4.90 Å². The molecule has 1 aliphatic heterocycles. The smallest absolute Gasteiger partial charge is 0.263 e. The molecule has 1 saturated heterocycles. The summed E-state index contributed by atoms with van der Waals surface area (Å²) in [7, 11) is 0. The van der Waals surface area contributed by atoms with Crippen LogP contribution in [-0.4, -0.2) is 30.6 Å². The summed E-state index contributed by atoms with van der Waals surface area (Å²) in [5.41, 5.74) is 1.03. The van der Waals surface area contributed by atoms with Crippen LogP contribution in [0.5, 0.6) is 0 Å². The highest BCUT2D eigenvalue weighted by atomic mass is 19.3. The van der Waals surface area contributed by atoms with Crippen LogP contribution < -0.4 is 5.32 Å². The summed E-state index contributed by atoms with van der Waals surface area (Å²) in [6, 6.07) is 7.22. The van der Waals surface area contributed by atoms with Crippen LogP contribution in [0.25, 0.3) is 0 Å². The molecule has 2 rings (SSSR count). The molecule has 1 heterocycles. The van der Waals surface area contributed by atoms with Crippen LogP contribution in [0, 0.1) is 5.92 Å². The number of hydrogen-bond acceptors (Lipinski definition) is 2. The molecule has 0 aromatic heterocycles. The largest absolute Gasteiger partial charge is 0.311 e. The highest BCUT2D eigenvalue weighted by Gasteiger charge is 2.23. The number of alkyl halides is 2. The molecule has 0 radical (unpaired) electrons. The Morgan fingerprint density at radius 1 is 1.19 bits per heavy atom. The zero-order valence-corrected chi connectivity index (χ0v) is 13.0. The molecule has 2 nitrogen and oxygen atoms in total. The van der Waals surface area contributed by atoms with Crippen molar-refractivity contribution in [3.8, 4) is 0 Å². The van der Waals surface area contributed by atoms with E-state index in [1.807, 2.05) is 6.07 Å². The van der Waals surface area contributed by atoms with E-state index in [9.17, 15) is 8.78 Å². The van der Waals surface area contributed by atoms with Crippen molar-refractivity contribution >= 4 is 0 Å². The van der Waals surface area contributed by atoms with Crippen LogP contribution >= 0.6 is 0 Å². The second kappa shape index (κ2) is 7.85. The van der Waals surface area contributed by atoms with Crippen molar-refractivity contribution in [2.45, 2.75) is 45.7 Å². The number of hydrogen-bond donors (Lipinski definition) is 1. The Labute approximate surface area is 126 Å². The molecule has 0 amide bonds. The van der Waals surface area contributed by atoms with Crippen molar-refractivity contribution < 1.29 is 8.78 Å². The summed E-state index contributed by atoms with van der Waals surface area (Å²) in [6.07, 6.45) is 0.192. The minimum absolute atomic E-state index is 0.106. The first-order valence-corrected chi connectivity index (χ1v) is 7.89. The van der Waals surface area contributed by atoms with Gasteiger partial charge in [-0.05, 0) is 43.5 Å². The molecule has 0 spiro atoms. The summed E-state index contributed by atoms with van der Waals surface area (Å²) in [5.74, 6) is 0.600. The highest BCUT2D eigenvalue weighted by molar-refractivity contribution is 5.24. The zero-order chi connectivity index (χ0) is 15.2. The zero-order valence-electron chi connectivity index (χ0n) is 13.0. The van der Waals surface area contributed by atoms with Gasteiger partial charge in [0.25, 0.3) is 6.43 Å². The van der Waals surface area contributed by atoms with Gasteiger partial charge in [-0.1, -0.05) is 32.0 Å². The van der Waals surface area contributed by atoms with Gasteiger partial charge in [-0.25, -0.2) is 8.78 Å². The molecule has 0 saturated carbocycles. The van der Waals surface area contributed by atoms with Gasteiger partial charge >= 0.3 is 0 Å². The van der Waals surface area contributed by atoms with Crippen molar-refractivity contribution in [2.75, 3.05) is 19.6 Å². The van der Waals surface area contributed by atoms with Crippen molar-refractivity contribution in [1.82, 2.24) is 10.2 Å². The summed E-state index contributed by atoms with van der Waals surface area (Å²) in [4.78, 5) is 2.55. The molecule has 1 aromatic rings. The second-order valence-electron chi connectivity index (χ2n) is 6.23. The lowest BCUT2D eigenvalue weighted by Crippen LogP contribution is -2.44. The number of likely N-dealkylation sites (tertiary alicyclic amines) is 1. The minimum atomic E-state index is -2.39. The van der Waals surface area contributed by atoms with E-state index in [0.717, 1.165) is 12.1 Å². The molecule has 1 aromatic carbocycles. The topological polar surface area (TPSA) is 15.3 Å². The molecule has 21 heavy (non-hydrogen) atoms. The maximum absolute atomic E-state index is 12.7. The molecular formula is C17H26F2N2. The average molecular weight is 296 g/mol. The van der Waals surface area contributed by atoms with Crippen LogP contribution in [0.1, 0.15) is 44.2 Å². The summed E-state index contributed by atoms with van der Waals surface area (Å²) in [6.45, 7) is 8.44. The fourth-order valence-electron chi connectivity index (χ4n) is 3.06. The molecule has 118 valence electrons. The predicted molar refractivity (Wildman–Crippen MR) is 82.5 cm³/mol. The van der Waals surface area contributed by atoms with E-state index < -0.39 is 6.43 Å². The van der Waals surface area contributed by atoms with E-state index in [0.29, 0.717) is 18.5 Å². The third-order valence-electron chi connectivity index (χ3n) is 4.26. The van der Waals surface area contributed by atoms with E-state index in [2.05, 4.69) is 24.1 Å². The Bertz CT molecular complexity index is 429. The number of benzene rings is 1. The first kappa shape index (κ1) is 16.4. The van der Waals surface area contributed by atoms with Crippen LogP contribution in [0.3, 0.4) is 0 Å². The Morgan fingerprint density at radius 3 is 2.52 bits per heavy atom. The Hall–Kier alpha value is -1.00. The number of halogens is 2. The third-order valence-corrected chi connectivity index (χ3v) is 4.26. The molecule has 0 aliphatic carbocycles. The number of nitrogens with one attached hydrogen (secondary N) is 1. The quantitative estimate of drug-likeness (QED) is 0.822. The maximum atomic E-state index is 12.7. The van der Waals surface area contributed by atoms with Gasteiger partial charge in [0.2, 0.25) is 0 Å². The SMILES string of the molecule is CC(C)C(CNCc1cccc(C(F)F)c1)N1CCCC1. The molecule has 1 aliphatic rings. The lowest BCUT2D eigenvalue weighted by atomic mass is 10.0. The molecule has 1 unspecified atom stereocenters. The van der Waals surface area contributed by atoms with Gasteiger partial charge in [-0.15, -0.1) is 0 Å². The van der Waals surface area contributed by atoms with Gasteiger partial charge in [0.05, 0.1) is 0 Å². The number of rotatable bonds is 7. The van der Waals surface area contributed by atoms with Crippen LogP contribution in [-0.2, 0) is 6.54 Å². The molecule has 1 N–H and O–H groups in total. The minimum Gasteiger partial charge on any atom is -0.311 e. The summed E-state index contributed by atoms with van der Waals surface area (Å²) < 4.78 is 25.4. The lowest BCUT2D eigenvalue weighted by Gasteiger charge is -2.31. The molecule has 1 fully saturated rings. The van der Waals surface area contributed by atoms with E-state index in [-0.39, 0.29) is 5.56 Å². The van der Waals surface area contributed by atoms with Crippen LogP contribution in [0.15, 0.2) is 24.3 Å². The van der Waals surface area contributed by atoms with E-state index in [1.165, 1.54) is 32.0 Å².